The van der Waals surface area contributed by atoms with Gasteiger partial charge in [-0.2, -0.15) is 4.98 Å². The van der Waals surface area contributed by atoms with E-state index in [4.69, 9.17) is 4.74 Å². The lowest BCUT2D eigenvalue weighted by atomic mass is 10.2. The monoisotopic (exact) mass is 589 g/mol. The Balaban J connectivity index is 1.56. The molecule has 12 nitrogen and oxygen atoms in total. The van der Waals surface area contributed by atoms with E-state index < -0.39 is 6.04 Å². The number of hydrogen-bond donors (Lipinski definition) is 3. The van der Waals surface area contributed by atoms with Crippen molar-refractivity contribution in [2.75, 3.05) is 58.5 Å². The highest BCUT2D eigenvalue weighted by molar-refractivity contribution is 5.92. The van der Waals surface area contributed by atoms with E-state index in [1.54, 1.807) is 38.0 Å². The number of carbonyl (C=O) groups is 2. The van der Waals surface area contributed by atoms with Crippen LogP contribution in [-0.2, 0) is 16.6 Å². The lowest BCUT2D eigenvalue weighted by molar-refractivity contribution is -0.135. The molecule has 1 aromatic carbocycles. The number of ether oxygens (including phenoxy) is 1. The fourth-order valence-corrected chi connectivity index (χ4v) is 4.05. The van der Waals surface area contributed by atoms with Crippen molar-refractivity contribution >= 4 is 40.2 Å². The van der Waals surface area contributed by atoms with Crippen molar-refractivity contribution in [3.8, 4) is 17.7 Å². The molecule has 0 aliphatic rings. The predicted molar refractivity (Wildman–Crippen MR) is 170 cm³/mol. The molecule has 230 valence electrons. The maximum Gasteiger partial charge on any atom is 0.246 e. The lowest BCUT2D eigenvalue weighted by Crippen LogP contribution is -2.45. The normalized spacial score (nSPS) is 11.7. The summed E-state index contributed by atoms with van der Waals surface area (Å²) in [5.41, 5.74) is 2.47. The van der Waals surface area contributed by atoms with E-state index in [0.29, 0.717) is 49.1 Å². The molecule has 2 amide bonds. The number of fused-ring (bicyclic) bond motifs is 1. The average Bonchev–Trinajstić information content (AvgIpc) is 3.31. The molecule has 2 aromatic heterocycles. The molecule has 0 radical (unpaired) electrons. The topological polar surface area (TPSA) is 130 Å². The number of benzene rings is 1. The Morgan fingerprint density at radius 2 is 2.00 bits per heavy atom. The first kappa shape index (κ1) is 32.9. The standard InChI is InChI=1S/C31H43N9O3/c1-8-17-32-28-23(13-10-9-11-18-33-29(42)22(2)39(5)27(41)14-12-19-38(3)4)21-34-31(36-28)35-24-15-16-26-25(20-24)30(43-7)37-40(26)6/h12,14-16,20-22H,8-9,11,17-19H2,1-7H3,(H,33,42)(H2,32,34,35,36)/t22-/m0/s1. The van der Waals surface area contributed by atoms with Crippen LogP contribution >= 0.6 is 0 Å². The number of aromatic nitrogens is 4. The highest BCUT2D eigenvalue weighted by Crippen LogP contribution is 2.28. The van der Waals surface area contributed by atoms with Crippen LogP contribution in [0.15, 0.2) is 36.5 Å². The Bertz CT molecular complexity index is 1490. The van der Waals surface area contributed by atoms with Gasteiger partial charge in [0.2, 0.25) is 23.6 Å². The van der Waals surface area contributed by atoms with Crippen molar-refractivity contribution in [2.24, 2.45) is 7.05 Å². The van der Waals surface area contributed by atoms with E-state index in [9.17, 15) is 9.59 Å². The van der Waals surface area contributed by atoms with Crippen LogP contribution in [0.4, 0.5) is 17.5 Å². The number of likely N-dealkylation sites (N-methyl/N-ethyl adjacent to an activating group) is 2. The molecule has 1 atom stereocenters. The van der Waals surface area contributed by atoms with E-state index in [1.807, 2.05) is 44.2 Å². The van der Waals surface area contributed by atoms with Crippen LogP contribution < -0.4 is 20.7 Å². The first-order chi connectivity index (χ1) is 20.6. The molecular weight excluding hydrogens is 546 g/mol. The highest BCUT2D eigenvalue weighted by atomic mass is 16.5. The van der Waals surface area contributed by atoms with Gasteiger partial charge in [0.1, 0.15) is 11.9 Å². The number of amides is 2. The summed E-state index contributed by atoms with van der Waals surface area (Å²) in [5, 5.41) is 14.8. The molecule has 0 spiro atoms. The molecule has 0 saturated heterocycles. The second-order valence-electron chi connectivity index (χ2n) is 10.4. The summed E-state index contributed by atoms with van der Waals surface area (Å²) in [6.45, 7) is 5.66. The zero-order valence-corrected chi connectivity index (χ0v) is 26.2. The number of rotatable bonds is 14. The first-order valence-electron chi connectivity index (χ1n) is 14.4. The molecule has 3 aromatic rings. The third-order valence-electron chi connectivity index (χ3n) is 6.64. The Hall–Kier alpha value is -4.63. The van der Waals surface area contributed by atoms with Crippen LogP contribution in [0, 0.1) is 11.8 Å². The number of methoxy groups -OCH3 is 1. The molecule has 43 heavy (non-hydrogen) atoms. The van der Waals surface area contributed by atoms with E-state index >= 15 is 0 Å². The zero-order chi connectivity index (χ0) is 31.4. The van der Waals surface area contributed by atoms with Crippen LogP contribution in [0.2, 0.25) is 0 Å². The van der Waals surface area contributed by atoms with Crippen molar-refractivity contribution in [1.29, 1.82) is 0 Å². The number of hydrogen-bond acceptors (Lipinski definition) is 9. The van der Waals surface area contributed by atoms with Crippen molar-refractivity contribution in [3.63, 3.8) is 0 Å². The first-order valence-corrected chi connectivity index (χ1v) is 14.4. The Labute approximate surface area is 253 Å². The van der Waals surface area contributed by atoms with Gasteiger partial charge in [0.15, 0.2) is 0 Å². The summed E-state index contributed by atoms with van der Waals surface area (Å²) in [7, 11) is 8.95. The Morgan fingerprint density at radius 3 is 2.72 bits per heavy atom. The van der Waals surface area contributed by atoms with Gasteiger partial charge in [-0.15, -0.1) is 5.10 Å². The summed E-state index contributed by atoms with van der Waals surface area (Å²) < 4.78 is 7.17. The fraction of sp³-hybridized carbons (Fsp3) is 0.452. The third-order valence-corrected chi connectivity index (χ3v) is 6.64. The molecule has 0 bridgehead atoms. The second-order valence-corrected chi connectivity index (χ2v) is 10.4. The molecule has 3 N–H and O–H groups in total. The number of nitrogens with one attached hydrogen (secondary N) is 3. The minimum atomic E-state index is -0.577. The molecule has 0 saturated carbocycles. The van der Waals surface area contributed by atoms with Crippen LogP contribution in [0.1, 0.15) is 38.7 Å². The summed E-state index contributed by atoms with van der Waals surface area (Å²) in [6.07, 6.45) is 7.16. The maximum absolute atomic E-state index is 12.5. The van der Waals surface area contributed by atoms with Crippen molar-refractivity contribution < 1.29 is 14.3 Å². The van der Waals surface area contributed by atoms with Gasteiger partial charge in [-0.05, 0) is 52.1 Å². The van der Waals surface area contributed by atoms with Crippen LogP contribution in [0.25, 0.3) is 10.9 Å². The molecule has 0 fully saturated rings. The minimum absolute atomic E-state index is 0.200. The van der Waals surface area contributed by atoms with Gasteiger partial charge in [0.05, 0.1) is 29.8 Å². The molecule has 0 aliphatic heterocycles. The number of carbonyl (C=O) groups excluding carboxylic acids is 2. The molecular formula is C31H43N9O3. The van der Waals surface area contributed by atoms with Crippen LogP contribution in [0.5, 0.6) is 5.88 Å². The zero-order valence-electron chi connectivity index (χ0n) is 26.2. The summed E-state index contributed by atoms with van der Waals surface area (Å²) in [5.74, 6) is 7.56. The predicted octanol–water partition coefficient (Wildman–Crippen LogP) is 3.15. The fourth-order valence-electron chi connectivity index (χ4n) is 4.05. The number of aryl methyl sites for hydroxylation is 1. The quantitative estimate of drug-likeness (QED) is 0.148. The number of unbranched alkanes of at least 4 members (excludes halogenated alkanes) is 1. The van der Waals surface area contributed by atoms with Gasteiger partial charge in [-0.1, -0.05) is 24.8 Å². The lowest BCUT2D eigenvalue weighted by Gasteiger charge is -2.23. The molecule has 3 rings (SSSR count). The van der Waals surface area contributed by atoms with Crippen molar-refractivity contribution in [2.45, 2.75) is 39.2 Å². The SMILES string of the molecule is CCCNc1nc(Nc2ccc3c(c2)c(OC)nn3C)ncc1C#CCCCNC(=O)[C@H](C)N(C)C(=O)C=CCN(C)C. The van der Waals surface area contributed by atoms with Crippen LogP contribution in [0.3, 0.4) is 0 Å². The molecule has 0 aliphatic carbocycles. The molecule has 0 unspecified atom stereocenters. The number of nitrogens with zero attached hydrogens (tertiary/aromatic N) is 6. The average molecular weight is 590 g/mol. The Kier molecular flexibility index (Phi) is 12.3. The van der Waals surface area contributed by atoms with Gasteiger partial charge in [-0.3, -0.25) is 14.3 Å². The van der Waals surface area contributed by atoms with Gasteiger partial charge in [-0.25, -0.2) is 4.98 Å². The van der Waals surface area contributed by atoms with Crippen molar-refractivity contribution in [3.05, 3.63) is 42.1 Å². The number of anilines is 3. The minimum Gasteiger partial charge on any atom is -0.479 e. The van der Waals surface area contributed by atoms with E-state index in [1.165, 1.54) is 11.0 Å². The highest BCUT2D eigenvalue weighted by Gasteiger charge is 2.20. The van der Waals surface area contributed by atoms with Crippen LogP contribution in [-0.4, -0.2) is 95.3 Å². The van der Waals surface area contributed by atoms with E-state index in [0.717, 1.165) is 29.6 Å². The Morgan fingerprint density at radius 1 is 1.21 bits per heavy atom. The smallest absolute Gasteiger partial charge is 0.246 e. The summed E-state index contributed by atoms with van der Waals surface area (Å²) in [4.78, 5) is 37.3. The maximum atomic E-state index is 12.5. The van der Waals surface area contributed by atoms with Crippen molar-refractivity contribution in [1.82, 2.24) is 34.9 Å². The van der Waals surface area contributed by atoms with E-state index in [-0.39, 0.29) is 11.8 Å². The summed E-state index contributed by atoms with van der Waals surface area (Å²) in [6, 6.07) is 5.29. The largest absolute Gasteiger partial charge is 0.479 e. The van der Waals surface area contributed by atoms with Gasteiger partial charge < -0.3 is 30.5 Å². The summed E-state index contributed by atoms with van der Waals surface area (Å²) >= 11 is 0. The van der Waals surface area contributed by atoms with E-state index in [2.05, 4.69) is 49.8 Å². The van der Waals surface area contributed by atoms with Gasteiger partial charge in [0, 0.05) is 51.9 Å². The third kappa shape index (κ3) is 9.44. The second kappa shape index (κ2) is 16.1. The van der Waals surface area contributed by atoms with Gasteiger partial charge >= 0.3 is 0 Å². The molecule has 2 heterocycles. The van der Waals surface area contributed by atoms with Gasteiger partial charge in [0.25, 0.3) is 0 Å². The molecule has 12 heteroatoms.